The van der Waals surface area contributed by atoms with E-state index in [2.05, 4.69) is 22.6 Å². The Morgan fingerprint density at radius 1 is 1.25 bits per heavy atom. The van der Waals surface area contributed by atoms with Crippen LogP contribution in [-0.2, 0) is 0 Å². The predicted molar refractivity (Wildman–Crippen MR) is 66.0 cm³/mol. The SMILES string of the molecule is NC(CCCC(F)(F)F)c1ccccc1I. The molecule has 1 aromatic carbocycles. The van der Waals surface area contributed by atoms with Gasteiger partial charge in [-0.1, -0.05) is 18.2 Å². The second-order valence-electron chi connectivity index (χ2n) is 3.64. The monoisotopic (exact) mass is 343 g/mol. The van der Waals surface area contributed by atoms with Gasteiger partial charge >= 0.3 is 6.18 Å². The fourth-order valence-corrected chi connectivity index (χ4v) is 2.24. The quantitative estimate of drug-likeness (QED) is 0.821. The number of benzene rings is 1. The molecule has 0 amide bonds. The van der Waals surface area contributed by atoms with Crippen molar-refractivity contribution < 1.29 is 13.2 Å². The lowest BCUT2D eigenvalue weighted by molar-refractivity contribution is -0.135. The van der Waals surface area contributed by atoms with E-state index in [1.54, 1.807) is 0 Å². The van der Waals surface area contributed by atoms with Gasteiger partial charge in [0.1, 0.15) is 0 Å². The molecule has 0 saturated carbocycles. The highest BCUT2D eigenvalue weighted by Crippen LogP contribution is 2.26. The van der Waals surface area contributed by atoms with E-state index in [1.165, 1.54) is 0 Å². The van der Waals surface area contributed by atoms with Crippen molar-refractivity contribution in [1.29, 1.82) is 0 Å². The Kier molecular flexibility index (Phi) is 5.04. The van der Waals surface area contributed by atoms with E-state index in [0.717, 1.165) is 9.13 Å². The van der Waals surface area contributed by atoms with Gasteiger partial charge < -0.3 is 5.73 Å². The number of hydrogen-bond donors (Lipinski definition) is 1. The summed E-state index contributed by atoms with van der Waals surface area (Å²) in [5.74, 6) is 0. The molecule has 5 heteroatoms. The fourth-order valence-electron chi connectivity index (χ4n) is 1.45. The van der Waals surface area contributed by atoms with Gasteiger partial charge in [-0.05, 0) is 47.1 Å². The zero-order chi connectivity index (χ0) is 12.2. The molecule has 1 rings (SSSR count). The Hall–Kier alpha value is -0.300. The van der Waals surface area contributed by atoms with Gasteiger partial charge in [0.05, 0.1) is 0 Å². The van der Waals surface area contributed by atoms with Crippen LogP contribution < -0.4 is 5.73 Å². The number of alkyl halides is 3. The van der Waals surface area contributed by atoms with E-state index in [4.69, 9.17) is 5.73 Å². The molecule has 0 aliphatic rings. The highest BCUT2D eigenvalue weighted by molar-refractivity contribution is 14.1. The van der Waals surface area contributed by atoms with E-state index < -0.39 is 12.6 Å². The summed E-state index contributed by atoms with van der Waals surface area (Å²) in [4.78, 5) is 0. The van der Waals surface area contributed by atoms with E-state index >= 15 is 0 Å². The molecule has 90 valence electrons. The van der Waals surface area contributed by atoms with Crippen LogP contribution in [0.25, 0.3) is 0 Å². The molecule has 1 aromatic rings. The molecule has 0 aromatic heterocycles. The van der Waals surface area contributed by atoms with Gasteiger partial charge in [-0.2, -0.15) is 13.2 Å². The summed E-state index contributed by atoms with van der Waals surface area (Å²) in [6, 6.07) is 7.18. The summed E-state index contributed by atoms with van der Waals surface area (Å²) in [5, 5.41) is 0. The van der Waals surface area contributed by atoms with Gasteiger partial charge in [-0.25, -0.2) is 0 Å². The van der Waals surface area contributed by atoms with Crippen molar-refractivity contribution in [2.75, 3.05) is 0 Å². The van der Waals surface area contributed by atoms with E-state index in [9.17, 15) is 13.2 Å². The maximum Gasteiger partial charge on any atom is 0.389 e. The molecule has 0 aliphatic carbocycles. The van der Waals surface area contributed by atoms with E-state index in [0.29, 0.717) is 6.42 Å². The summed E-state index contributed by atoms with van der Waals surface area (Å²) in [7, 11) is 0. The van der Waals surface area contributed by atoms with Crippen molar-refractivity contribution in [2.24, 2.45) is 5.73 Å². The Morgan fingerprint density at radius 2 is 1.88 bits per heavy atom. The van der Waals surface area contributed by atoms with Crippen molar-refractivity contribution in [3.8, 4) is 0 Å². The van der Waals surface area contributed by atoms with Crippen molar-refractivity contribution >= 4 is 22.6 Å². The molecule has 1 atom stereocenters. The molecule has 16 heavy (non-hydrogen) atoms. The Labute approximate surface area is 106 Å². The summed E-state index contributed by atoms with van der Waals surface area (Å²) in [5.41, 5.74) is 6.77. The molecule has 1 nitrogen and oxygen atoms in total. The van der Waals surface area contributed by atoms with E-state index in [-0.39, 0.29) is 12.5 Å². The molecule has 0 saturated heterocycles. The van der Waals surface area contributed by atoms with Crippen molar-refractivity contribution in [2.45, 2.75) is 31.5 Å². The van der Waals surface area contributed by atoms with Crippen molar-refractivity contribution in [3.05, 3.63) is 33.4 Å². The van der Waals surface area contributed by atoms with Gasteiger partial charge in [0.25, 0.3) is 0 Å². The van der Waals surface area contributed by atoms with Gasteiger partial charge in [-0.15, -0.1) is 0 Å². The number of hydrogen-bond acceptors (Lipinski definition) is 1. The minimum Gasteiger partial charge on any atom is -0.324 e. The van der Waals surface area contributed by atoms with Crippen molar-refractivity contribution in [3.63, 3.8) is 0 Å². The van der Waals surface area contributed by atoms with Crippen LogP contribution in [0.15, 0.2) is 24.3 Å². The third kappa shape index (κ3) is 4.69. The number of halogens is 4. The van der Waals surface area contributed by atoms with E-state index in [1.807, 2.05) is 24.3 Å². The average molecular weight is 343 g/mol. The topological polar surface area (TPSA) is 26.0 Å². The van der Waals surface area contributed by atoms with Crippen LogP contribution >= 0.6 is 22.6 Å². The number of nitrogens with two attached hydrogens (primary N) is 1. The molecular formula is C11H13F3IN. The van der Waals surface area contributed by atoms with Crippen LogP contribution in [0.4, 0.5) is 13.2 Å². The van der Waals surface area contributed by atoms with Crippen LogP contribution in [0.1, 0.15) is 30.9 Å². The Morgan fingerprint density at radius 3 is 2.44 bits per heavy atom. The number of rotatable bonds is 4. The smallest absolute Gasteiger partial charge is 0.324 e. The first kappa shape index (κ1) is 13.8. The third-order valence-electron chi connectivity index (χ3n) is 2.28. The highest BCUT2D eigenvalue weighted by atomic mass is 127. The van der Waals surface area contributed by atoms with Crippen molar-refractivity contribution in [1.82, 2.24) is 0 Å². The van der Waals surface area contributed by atoms with Crippen LogP contribution in [0.3, 0.4) is 0 Å². The van der Waals surface area contributed by atoms with Gasteiger partial charge in [-0.3, -0.25) is 0 Å². The zero-order valence-corrected chi connectivity index (χ0v) is 10.8. The highest BCUT2D eigenvalue weighted by Gasteiger charge is 2.26. The average Bonchev–Trinajstić information content (AvgIpc) is 2.16. The lowest BCUT2D eigenvalue weighted by Crippen LogP contribution is -2.14. The Balaban J connectivity index is 2.47. The molecule has 0 heterocycles. The molecule has 0 aliphatic heterocycles. The first-order valence-electron chi connectivity index (χ1n) is 4.97. The molecule has 0 radical (unpaired) electrons. The molecule has 0 fully saturated rings. The second kappa shape index (κ2) is 5.86. The third-order valence-corrected chi connectivity index (χ3v) is 3.26. The zero-order valence-electron chi connectivity index (χ0n) is 8.60. The predicted octanol–water partition coefficient (Wildman–Crippen LogP) is 4.02. The minimum atomic E-state index is -4.08. The summed E-state index contributed by atoms with van der Waals surface area (Å²) < 4.78 is 36.8. The van der Waals surface area contributed by atoms with Crippen LogP contribution in [0.2, 0.25) is 0 Å². The first-order chi connectivity index (χ1) is 7.40. The molecule has 0 bridgehead atoms. The Bertz CT molecular complexity index is 338. The maximum absolute atomic E-state index is 11.9. The maximum atomic E-state index is 11.9. The first-order valence-corrected chi connectivity index (χ1v) is 6.05. The summed E-state index contributed by atoms with van der Waals surface area (Å²) in [6.07, 6.45) is -4.40. The lowest BCUT2D eigenvalue weighted by Gasteiger charge is -2.14. The molecular weight excluding hydrogens is 330 g/mol. The fraction of sp³-hybridized carbons (Fsp3) is 0.455. The van der Waals surface area contributed by atoms with Gasteiger partial charge in [0.2, 0.25) is 0 Å². The largest absolute Gasteiger partial charge is 0.389 e. The molecule has 2 N–H and O–H groups in total. The second-order valence-corrected chi connectivity index (χ2v) is 4.80. The summed E-state index contributed by atoms with van der Waals surface area (Å²) in [6.45, 7) is 0. The van der Waals surface area contributed by atoms with Crippen LogP contribution in [0, 0.1) is 3.57 Å². The standard InChI is InChI=1S/C11H13F3IN/c12-11(13,14)7-3-6-10(16)8-4-1-2-5-9(8)15/h1-2,4-5,10H,3,6-7,16H2. The van der Waals surface area contributed by atoms with Gasteiger partial charge in [0.15, 0.2) is 0 Å². The normalized spacial score (nSPS) is 13.8. The van der Waals surface area contributed by atoms with Crippen LogP contribution in [0.5, 0.6) is 0 Å². The summed E-state index contributed by atoms with van der Waals surface area (Å²) >= 11 is 2.14. The van der Waals surface area contributed by atoms with Gasteiger partial charge in [0, 0.05) is 16.0 Å². The minimum absolute atomic E-state index is 0.0790. The lowest BCUT2D eigenvalue weighted by atomic mass is 10.0. The molecule has 1 unspecified atom stereocenters. The molecule has 0 spiro atoms. The van der Waals surface area contributed by atoms with Crippen LogP contribution in [-0.4, -0.2) is 6.18 Å².